The van der Waals surface area contributed by atoms with Crippen LogP contribution in [0.4, 0.5) is 5.13 Å². The minimum atomic E-state index is -0.238. The van der Waals surface area contributed by atoms with E-state index in [1.807, 2.05) is 19.1 Å². The fourth-order valence-electron chi connectivity index (χ4n) is 2.69. The van der Waals surface area contributed by atoms with Gasteiger partial charge < -0.3 is 14.8 Å². The number of aryl methyl sites for hydroxylation is 1. The van der Waals surface area contributed by atoms with Gasteiger partial charge in [-0.3, -0.25) is 14.5 Å². The summed E-state index contributed by atoms with van der Waals surface area (Å²) in [5, 5.41) is 11.9. The zero-order chi connectivity index (χ0) is 20.4. The smallest absolute Gasteiger partial charge is 0.266 e. The van der Waals surface area contributed by atoms with Crippen LogP contribution in [0.2, 0.25) is 0 Å². The Labute approximate surface area is 180 Å². The van der Waals surface area contributed by atoms with Gasteiger partial charge in [0.1, 0.15) is 9.33 Å². The molecule has 1 aromatic heterocycles. The molecule has 11 heteroatoms. The van der Waals surface area contributed by atoms with Gasteiger partial charge >= 0.3 is 0 Å². The van der Waals surface area contributed by atoms with Gasteiger partial charge in [0.05, 0.1) is 4.91 Å². The molecular weight excluding hydrogens is 432 g/mol. The van der Waals surface area contributed by atoms with Gasteiger partial charge in [0.25, 0.3) is 5.91 Å². The van der Waals surface area contributed by atoms with Gasteiger partial charge in [-0.25, -0.2) is 0 Å². The van der Waals surface area contributed by atoms with Crippen LogP contribution in [-0.4, -0.2) is 44.6 Å². The molecule has 2 amide bonds. The molecule has 0 radical (unpaired) electrons. The fraction of sp³-hybridized carbons (Fsp3) is 0.278. The largest absolute Gasteiger partial charge is 0.454 e. The quantitative estimate of drug-likeness (QED) is 0.532. The number of hydrogen-bond donors (Lipinski definition) is 1. The number of thioether (sulfide) groups is 1. The highest BCUT2D eigenvalue weighted by atomic mass is 32.2. The zero-order valence-electron chi connectivity index (χ0n) is 15.3. The number of rotatable bonds is 6. The number of nitrogens with one attached hydrogen (secondary N) is 1. The van der Waals surface area contributed by atoms with E-state index in [1.54, 1.807) is 12.1 Å². The van der Waals surface area contributed by atoms with Crippen LogP contribution in [0, 0.1) is 0 Å². The molecule has 2 aromatic rings. The van der Waals surface area contributed by atoms with E-state index in [2.05, 4.69) is 15.5 Å². The number of amides is 2. The van der Waals surface area contributed by atoms with Crippen LogP contribution in [0.25, 0.3) is 6.08 Å². The van der Waals surface area contributed by atoms with Gasteiger partial charge in [-0.15, -0.1) is 10.2 Å². The molecule has 1 fully saturated rings. The van der Waals surface area contributed by atoms with Crippen molar-refractivity contribution in [2.45, 2.75) is 19.8 Å². The SMILES string of the molecule is CCc1nnc(NC(=O)CCN2C(=O)/C(=C/c3ccc4c(c3)OCO4)SC2=S)s1. The van der Waals surface area contributed by atoms with Crippen molar-refractivity contribution in [2.24, 2.45) is 0 Å². The summed E-state index contributed by atoms with van der Waals surface area (Å²) in [6.07, 6.45) is 2.64. The minimum absolute atomic E-state index is 0.116. The Morgan fingerprint density at radius 1 is 1.34 bits per heavy atom. The topological polar surface area (TPSA) is 93.7 Å². The number of fused-ring (bicyclic) bond motifs is 1. The average molecular weight is 449 g/mol. The normalized spacial score (nSPS) is 16.7. The van der Waals surface area contributed by atoms with Crippen molar-refractivity contribution in [1.82, 2.24) is 15.1 Å². The first-order valence-corrected chi connectivity index (χ1v) is 10.8. The molecule has 1 saturated heterocycles. The Morgan fingerprint density at radius 3 is 2.97 bits per heavy atom. The van der Waals surface area contributed by atoms with E-state index >= 15 is 0 Å². The molecule has 8 nitrogen and oxygen atoms in total. The molecule has 0 bridgehead atoms. The van der Waals surface area contributed by atoms with E-state index in [0.29, 0.717) is 25.9 Å². The Kier molecular flexibility index (Phi) is 5.79. The Bertz CT molecular complexity index is 1020. The molecule has 2 aliphatic rings. The monoisotopic (exact) mass is 448 g/mol. The van der Waals surface area contributed by atoms with Crippen molar-refractivity contribution < 1.29 is 19.1 Å². The standard InChI is InChI=1S/C18H16N4O4S3/c1-2-15-20-21-17(29-15)19-14(23)5-6-22-16(24)13(28-18(22)27)8-10-3-4-11-12(7-10)26-9-25-11/h3-4,7-8H,2,5-6,9H2,1H3,(H,19,21,23)/b13-8-. The summed E-state index contributed by atoms with van der Waals surface area (Å²) in [5.41, 5.74) is 0.815. The van der Waals surface area contributed by atoms with E-state index < -0.39 is 0 Å². The highest BCUT2D eigenvalue weighted by molar-refractivity contribution is 8.26. The van der Waals surface area contributed by atoms with Crippen LogP contribution in [0.5, 0.6) is 11.5 Å². The van der Waals surface area contributed by atoms with Gasteiger partial charge in [0.2, 0.25) is 17.8 Å². The lowest BCUT2D eigenvalue weighted by molar-refractivity contribution is -0.122. The maximum absolute atomic E-state index is 12.7. The predicted molar refractivity (Wildman–Crippen MR) is 115 cm³/mol. The third-order valence-corrected chi connectivity index (χ3v) is 6.51. The molecule has 0 aliphatic carbocycles. The molecule has 2 aliphatic heterocycles. The van der Waals surface area contributed by atoms with E-state index in [1.165, 1.54) is 28.0 Å². The highest BCUT2D eigenvalue weighted by Gasteiger charge is 2.32. The lowest BCUT2D eigenvalue weighted by atomic mass is 10.2. The number of nitrogens with zero attached hydrogens (tertiary/aromatic N) is 3. The lowest BCUT2D eigenvalue weighted by Crippen LogP contribution is -2.31. The summed E-state index contributed by atoms with van der Waals surface area (Å²) in [6.45, 7) is 2.37. The molecule has 0 unspecified atom stereocenters. The molecule has 4 rings (SSSR count). The molecule has 29 heavy (non-hydrogen) atoms. The first-order chi connectivity index (χ1) is 14.0. The second kappa shape index (κ2) is 8.47. The Balaban J connectivity index is 1.37. The van der Waals surface area contributed by atoms with Crippen LogP contribution in [0.15, 0.2) is 23.1 Å². The summed E-state index contributed by atoms with van der Waals surface area (Å²) in [5.74, 6) is 0.878. The van der Waals surface area contributed by atoms with E-state index in [0.717, 1.165) is 17.0 Å². The number of carbonyl (C=O) groups excluding carboxylic acids is 2. The van der Waals surface area contributed by atoms with Gasteiger partial charge in [-0.2, -0.15) is 0 Å². The van der Waals surface area contributed by atoms with Crippen LogP contribution >= 0.6 is 35.3 Å². The number of carbonyl (C=O) groups is 2. The van der Waals surface area contributed by atoms with Crippen LogP contribution in [0.1, 0.15) is 23.9 Å². The molecule has 150 valence electrons. The Hall–Kier alpha value is -2.50. The van der Waals surface area contributed by atoms with Gasteiger partial charge in [-0.05, 0) is 30.2 Å². The summed E-state index contributed by atoms with van der Waals surface area (Å²) >= 11 is 7.88. The van der Waals surface area contributed by atoms with Crippen LogP contribution in [-0.2, 0) is 16.0 Å². The van der Waals surface area contributed by atoms with Crippen LogP contribution < -0.4 is 14.8 Å². The zero-order valence-corrected chi connectivity index (χ0v) is 17.8. The number of benzene rings is 1. The van der Waals surface area contributed by atoms with E-state index in [4.69, 9.17) is 21.7 Å². The van der Waals surface area contributed by atoms with E-state index in [-0.39, 0.29) is 31.6 Å². The number of anilines is 1. The number of aromatic nitrogens is 2. The van der Waals surface area contributed by atoms with Gasteiger partial charge in [-0.1, -0.05) is 48.3 Å². The fourth-order valence-corrected chi connectivity index (χ4v) is 4.69. The minimum Gasteiger partial charge on any atom is -0.454 e. The maximum atomic E-state index is 12.7. The van der Waals surface area contributed by atoms with Crippen molar-refractivity contribution in [3.8, 4) is 11.5 Å². The molecule has 3 heterocycles. The third-order valence-electron chi connectivity index (χ3n) is 4.15. The number of thiocarbonyl (C=S) groups is 1. The lowest BCUT2D eigenvalue weighted by Gasteiger charge is -2.13. The maximum Gasteiger partial charge on any atom is 0.266 e. The van der Waals surface area contributed by atoms with Gasteiger partial charge in [0, 0.05) is 13.0 Å². The first kappa shape index (κ1) is 19.8. The average Bonchev–Trinajstić information content (AvgIpc) is 3.41. The summed E-state index contributed by atoms with van der Waals surface area (Å²) in [7, 11) is 0. The molecule has 0 spiro atoms. The van der Waals surface area contributed by atoms with Gasteiger partial charge in [0.15, 0.2) is 11.5 Å². The molecule has 0 saturated carbocycles. The number of hydrogen-bond acceptors (Lipinski definition) is 9. The Morgan fingerprint density at radius 2 is 2.17 bits per heavy atom. The van der Waals surface area contributed by atoms with Crippen molar-refractivity contribution in [2.75, 3.05) is 18.7 Å². The molecule has 0 atom stereocenters. The second-order valence-corrected chi connectivity index (χ2v) is 8.84. The van der Waals surface area contributed by atoms with Crippen LogP contribution in [0.3, 0.4) is 0 Å². The third kappa shape index (κ3) is 4.41. The van der Waals surface area contributed by atoms with Crippen molar-refractivity contribution >= 4 is 62.7 Å². The molecular formula is C18H16N4O4S3. The van der Waals surface area contributed by atoms with Crippen molar-refractivity contribution in [3.05, 3.63) is 33.7 Å². The highest BCUT2D eigenvalue weighted by Crippen LogP contribution is 2.36. The molecule has 1 aromatic carbocycles. The first-order valence-electron chi connectivity index (χ1n) is 8.80. The summed E-state index contributed by atoms with van der Waals surface area (Å²) in [4.78, 5) is 26.8. The van der Waals surface area contributed by atoms with Crippen molar-refractivity contribution in [3.63, 3.8) is 0 Å². The number of ether oxygens (including phenoxy) is 2. The molecule has 1 N–H and O–H groups in total. The predicted octanol–water partition coefficient (Wildman–Crippen LogP) is 3.06. The van der Waals surface area contributed by atoms with E-state index in [9.17, 15) is 9.59 Å². The second-order valence-electron chi connectivity index (χ2n) is 6.10. The van der Waals surface area contributed by atoms with Crippen molar-refractivity contribution in [1.29, 1.82) is 0 Å². The summed E-state index contributed by atoms with van der Waals surface area (Å²) in [6, 6.07) is 5.46. The summed E-state index contributed by atoms with van der Waals surface area (Å²) < 4.78 is 11.1.